The molecule has 1 fully saturated rings. The lowest BCUT2D eigenvalue weighted by Crippen LogP contribution is -3.10. The minimum absolute atomic E-state index is 0.678. The van der Waals surface area contributed by atoms with Crippen LogP contribution in [0.2, 0.25) is 0 Å². The highest BCUT2D eigenvalue weighted by molar-refractivity contribution is 5.39. The number of hydrogen-bond acceptors (Lipinski definition) is 2. The summed E-state index contributed by atoms with van der Waals surface area (Å²) >= 11 is 0. The Kier molecular flexibility index (Phi) is 4.68. The average Bonchev–Trinajstić information content (AvgIpc) is 2.85. The van der Waals surface area contributed by atoms with Crippen molar-refractivity contribution in [2.24, 2.45) is 0 Å². The van der Waals surface area contributed by atoms with Crippen LogP contribution in [-0.4, -0.2) is 32.8 Å². The molecule has 0 unspecified atom stereocenters. The van der Waals surface area contributed by atoms with Crippen molar-refractivity contribution in [2.45, 2.75) is 19.8 Å². The summed E-state index contributed by atoms with van der Waals surface area (Å²) in [6.45, 7) is 7.15. The van der Waals surface area contributed by atoms with Gasteiger partial charge in [-0.2, -0.15) is 0 Å². The van der Waals surface area contributed by atoms with Gasteiger partial charge in [-0.05, 0) is 19.1 Å². The molecule has 0 bridgehead atoms. The van der Waals surface area contributed by atoms with E-state index in [2.05, 4.69) is 0 Å². The molecule has 0 saturated carbocycles. The van der Waals surface area contributed by atoms with E-state index in [0.29, 0.717) is 6.61 Å². The van der Waals surface area contributed by atoms with E-state index in [9.17, 15) is 0 Å². The van der Waals surface area contributed by atoms with E-state index in [1.54, 1.807) is 4.90 Å². The molecule has 2 rings (SSSR count). The van der Waals surface area contributed by atoms with E-state index in [-0.39, 0.29) is 0 Å². The molecule has 0 aliphatic carbocycles. The maximum Gasteiger partial charge on any atom is 0.161 e. The minimum Gasteiger partial charge on any atom is -0.490 e. The standard InChI is InChI=1S/C14H21NO2/c1-2-16-13-7-3-4-8-14(13)17-12-11-15-9-5-6-10-15/h3-4,7-8H,2,5-6,9-12H2,1H3/p+1. The van der Waals surface area contributed by atoms with Crippen LogP contribution < -0.4 is 14.4 Å². The maximum absolute atomic E-state index is 5.81. The van der Waals surface area contributed by atoms with Crippen molar-refractivity contribution in [3.8, 4) is 11.5 Å². The van der Waals surface area contributed by atoms with Crippen LogP contribution in [0, 0.1) is 0 Å². The molecule has 3 heteroatoms. The minimum atomic E-state index is 0.678. The van der Waals surface area contributed by atoms with E-state index in [0.717, 1.165) is 24.7 Å². The van der Waals surface area contributed by atoms with Gasteiger partial charge in [0, 0.05) is 12.8 Å². The van der Waals surface area contributed by atoms with Crippen LogP contribution in [0.4, 0.5) is 0 Å². The highest BCUT2D eigenvalue weighted by atomic mass is 16.5. The van der Waals surface area contributed by atoms with Crippen LogP contribution in [0.5, 0.6) is 11.5 Å². The molecule has 0 atom stereocenters. The van der Waals surface area contributed by atoms with Crippen molar-refractivity contribution < 1.29 is 14.4 Å². The number of quaternary nitrogens is 1. The lowest BCUT2D eigenvalue weighted by molar-refractivity contribution is -0.887. The largest absolute Gasteiger partial charge is 0.490 e. The molecule has 1 aromatic rings. The molecule has 0 spiro atoms. The van der Waals surface area contributed by atoms with Crippen molar-refractivity contribution >= 4 is 0 Å². The molecule has 1 aliphatic heterocycles. The molecule has 0 radical (unpaired) electrons. The van der Waals surface area contributed by atoms with Gasteiger partial charge >= 0.3 is 0 Å². The second-order valence-electron chi connectivity index (χ2n) is 4.44. The molecule has 17 heavy (non-hydrogen) atoms. The van der Waals surface area contributed by atoms with Gasteiger partial charge in [-0.3, -0.25) is 0 Å². The molecule has 0 aromatic heterocycles. The lowest BCUT2D eigenvalue weighted by Gasteiger charge is -2.14. The average molecular weight is 236 g/mol. The van der Waals surface area contributed by atoms with Crippen LogP contribution >= 0.6 is 0 Å². The predicted molar refractivity (Wildman–Crippen MR) is 67.9 cm³/mol. The third-order valence-electron chi connectivity index (χ3n) is 3.17. The molecular formula is C14H22NO2+. The lowest BCUT2D eigenvalue weighted by atomic mass is 10.3. The number of para-hydroxylation sites is 2. The molecule has 1 aromatic carbocycles. The van der Waals surface area contributed by atoms with Gasteiger partial charge in [-0.1, -0.05) is 12.1 Å². The summed E-state index contributed by atoms with van der Waals surface area (Å²) in [5.74, 6) is 1.72. The normalized spacial score (nSPS) is 16.1. The Hall–Kier alpha value is -1.22. The molecule has 1 aliphatic rings. The number of ether oxygens (including phenoxy) is 2. The Morgan fingerprint density at radius 1 is 1.06 bits per heavy atom. The first-order valence-corrected chi connectivity index (χ1v) is 6.58. The molecule has 1 heterocycles. The topological polar surface area (TPSA) is 22.9 Å². The van der Waals surface area contributed by atoms with Crippen molar-refractivity contribution in [3.63, 3.8) is 0 Å². The zero-order valence-corrected chi connectivity index (χ0v) is 10.6. The SMILES string of the molecule is CCOc1ccccc1OCC[NH+]1CCCC1. The summed E-state index contributed by atoms with van der Waals surface area (Å²) < 4.78 is 11.3. The Morgan fingerprint density at radius 3 is 2.35 bits per heavy atom. The molecule has 0 amide bonds. The van der Waals surface area contributed by atoms with Crippen molar-refractivity contribution in [1.29, 1.82) is 0 Å². The van der Waals surface area contributed by atoms with E-state index in [1.165, 1.54) is 25.9 Å². The van der Waals surface area contributed by atoms with Crippen molar-refractivity contribution in [3.05, 3.63) is 24.3 Å². The highest BCUT2D eigenvalue weighted by Crippen LogP contribution is 2.25. The summed E-state index contributed by atoms with van der Waals surface area (Å²) in [5, 5.41) is 0. The quantitative estimate of drug-likeness (QED) is 0.800. The van der Waals surface area contributed by atoms with Crippen LogP contribution in [0.1, 0.15) is 19.8 Å². The van der Waals surface area contributed by atoms with Gasteiger partial charge in [0.15, 0.2) is 11.5 Å². The van der Waals surface area contributed by atoms with Gasteiger partial charge in [0.2, 0.25) is 0 Å². The number of rotatable bonds is 6. The molecule has 1 saturated heterocycles. The van der Waals surface area contributed by atoms with Crippen LogP contribution in [0.15, 0.2) is 24.3 Å². The van der Waals surface area contributed by atoms with Crippen LogP contribution in [0.25, 0.3) is 0 Å². The number of benzene rings is 1. The van der Waals surface area contributed by atoms with Gasteiger partial charge < -0.3 is 14.4 Å². The zero-order chi connectivity index (χ0) is 11.9. The highest BCUT2D eigenvalue weighted by Gasteiger charge is 2.15. The van der Waals surface area contributed by atoms with Gasteiger partial charge in [-0.25, -0.2) is 0 Å². The first-order valence-electron chi connectivity index (χ1n) is 6.58. The predicted octanol–water partition coefficient (Wildman–Crippen LogP) is 1.14. The summed E-state index contributed by atoms with van der Waals surface area (Å²) in [6, 6.07) is 7.90. The summed E-state index contributed by atoms with van der Waals surface area (Å²) in [7, 11) is 0. The van der Waals surface area contributed by atoms with E-state index < -0.39 is 0 Å². The smallest absolute Gasteiger partial charge is 0.161 e. The molecule has 94 valence electrons. The number of hydrogen-bond donors (Lipinski definition) is 1. The zero-order valence-electron chi connectivity index (χ0n) is 10.6. The van der Waals surface area contributed by atoms with Gasteiger partial charge in [0.05, 0.1) is 19.7 Å². The number of nitrogens with one attached hydrogen (secondary N) is 1. The molecule has 1 N–H and O–H groups in total. The monoisotopic (exact) mass is 236 g/mol. The summed E-state index contributed by atoms with van der Waals surface area (Å²) in [5.41, 5.74) is 0. The van der Waals surface area contributed by atoms with Crippen molar-refractivity contribution in [2.75, 3.05) is 32.8 Å². The van der Waals surface area contributed by atoms with Gasteiger partial charge in [-0.15, -0.1) is 0 Å². The van der Waals surface area contributed by atoms with Crippen LogP contribution in [0.3, 0.4) is 0 Å². The summed E-state index contributed by atoms with van der Waals surface area (Å²) in [4.78, 5) is 1.67. The first kappa shape index (κ1) is 12.2. The van der Waals surface area contributed by atoms with E-state index >= 15 is 0 Å². The van der Waals surface area contributed by atoms with Gasteiger partial charge in [0.1, 0.15) is 13.2 Å². The summed E-state index contributed by atoms with van der Waals surface area (Å²) in [6.07, 6.45) is 2.73. The van der Waals surface area contributed by atoms with Gasteiger partial charge in [0.25, 0.3) is 0 Å². The Bertz CT molecular complexity index is 335. The van der Waals surface area contributed by atoms with E-state index in [4.69, 9.17) is 9.47 Å². The Labute approximate surface area is 103 Å². The third kappa shape index (κ3) is 3.63. The fraction of sp³-hybridized carbons (Fsp3) is 0.571. The third-order valence-corrected chi connectivity index (χ3v) is 3.17. The Balaban J connectivity index is 1.80. The Morgan fingerprint density at radius 2 is 1.71 bits per heavy atom. The van der Waals surface area contributed by atoms with Crippen LogP contribution in [-0.2, 0) is 0 Å². The second-order valence-corrected chi connectivity index (χ2v) is 4.44. The maximum atomic E-state index is 5.81. The molecule has 3 nitrogen and oxygen atoms in total. The first-order chi connectivity index (χ1) is 8.40. The fourth-order valence-electron chi connectivity index (χ4n) is 2.27. The molecular weight excluding hydrogens is 214 g/mol. The van der Waals surface area contributed by atoms with Crippen molar-refractivity contribution in [1.82, 2.24) is 0 Å². The second kappa shape index (κ2) is 6.50. The number of likely N-dealkylation sites (tertiary alicyclic amines) is 1. The fourth-order valence-corrected chi connectivity index (χ4v) is 2.27. The van der Waals surface area contributed by atoms with E-state index in [1.807, 2.05) is 31.2 Å².